The molecule has 8 heavy (non-hydrogen) atoms. The molecule has 0 N–H and O–H groups in total. The van der Waals surface area contributed by atoms with Crippen molar-refractivity contribution in [2.24, 2.45) is 0 Å². The fraction of sp³-hybridized carbons (Fsp3) is 0.800. The Morgan fingerprint density at radius 2 is 2.00 bits per heavy atom. The maximum atomic E-state index is 10.2. The number of carbonyl (C=O) groups excluding carboxylic acids is 1. The number of ether oxygens (including phenoxy) is 1. The Labute approximate surface area is 71.9 Å². The third-order valence-electron chi connectivity index (χ3n) is 0.594. The molecule has 0 radical (unpaired) electrons. The Morgan fingerprint density at radius 3 is 2.12 bits per heavy atom. The molecule has 0 aromatic rings. The van der Waals surface area contributed by atoms with Gasteiger partial charge in [0.05, 0.1) is 6.61 Å². The average Bonchev–Trinajstić information content (AvgIpc) is 1.68. The second kappa shape index (κ2) is 7.47. The zero-order chi connectivity index (χ0) is 5.70. The van der Waals surface area contributed by atoms with E-state index in [1.807, 2.05) is 0 Å². The molecule has 0 fully saturated rings. The van der Waals surface area contributed by atoms with Crippen molar-refractivity contribution in [1.82, 2.24) is 0 Å². The van der Waals surface area contributed by atoms with Gasteiger partial charge in [-0.05, 0) is 6.92 Å². The molecule has 2 nitrogen and oxygen atoms in total. The molecule has 0 bridgehead atoms. The molecular weight excluding hydrogens is 115 g/mol. The molecule has 0 aliphatic carbocycles. The number of hydrogen-bond acceptors (Lipinski definition) is 2. The van der Waals surface area contributed by atoms with E-state index in [1.165, 1.54) is 0 Å². The summed E-state index contributed by atoms with van der Waals surface area (Å²) < 4.78 is 4.55. The monoisotopic (exact) mass is 125 g/mol. The molecule has 0 spiro atoms. The number of carbonyl (C=O) groups is 1. The topological polar surface area (TPSA) is 26.3 Å². The molecule has 42 valence electrons. The number of hydrogen-bond donors (Lipinski definition) is 0. The van der Waals surface area contributed by atoms with Gasteiger partial charge in [-0.15, -0.1) is 0 Å². The Morgan fingerprint density at radius 1 is 1.50 bits per heavy atom. The number of rotatable bonds is 2. The first-order chi connectivity index (χ1) is 3.31. The van der Waals surface area contributed by atoms with Gasteiger partial charge < -0.3 is 4.74 Å². The number of esters is 1. The molecular formula is C5H10NaO2+. The minimum Gasteiger partial charge on any atom is -0.466 e. The van der Waals surface area contributed by atoms with Crippen LogP contribution in [-0.2, 0) is 9.53 Å². The summed E-state index contributed by atoms with van der Waals surface area (Å²) in [6.07, 6.45) is 0.480. The van der Waals surface area contributed by atoms with Crippen molar-refractivity contribution in [3.8, 4) is 0 Å². The van der Waals surface area contributed by atoms with Crippen molar-refractivity contribution in [2.75, 3.05) is 6.61 Å². The van der Waals surface area contributed by atoms with E-state index < -0.39 is 0 Å². The smallest absolute Gasteiger partial charge is 0.466 e. The van der Waals surface area contributed by atoms with Crippen molar-refractivity contribution >= 4 is 5.97 Å². The zero-order valence-electron chi connectivity index (χ0n) is 5.73. The van der Waals surface area contributed by atoms with Gasteiger partial charge in [0.1, 0.15) is 0 Å². The van der Waals surface area contributed by atoms with Gasteiger partial charge in [0.2, 0.25) is 0 Å². The molecule has 0 aromatic carbocycles. The van der Waals surface area contributed by atoms with Crippen LogP contribution >= 0.6 is 0 Å². The normalized spacial score (nSPS) is 7.25. The van der Waals surface area contributed by atoms with Gasteiger partial charge in [-0.3, -0.25) is 4.79 Å². The predicted molar refractivity (Wildman–Crippen MR) is 26.9 cm³/mol. The molecule has 0 amide bonds. The Hall–Kier alpha value is 0.470. The van der Waals surface area contributed by atoms with Crippen molar-refractivity contribution in [1.29, 1.82) is 0 Å². The van der Waals surface area contributed by atoms with Crippen LogP contribution in [0, 0.1) is 0 Å². The molecule has 0 saturated carbocycles. The fourth-order valence-electron chi connectivity index (χ4n) is 0.263. The molecule has 0 rings (SSSR count). The molecule has 0 atom stereocenters. The Bertz CT molecular complexity index is 63.4. The summed E-state index contributed by atoms with van der Waals surface area (Å²) in [5.41, 5.74) is 0. The van der Waals surface area contributed by atoms with Crippen LogP contribution in [0.15, 0.2) is 0 Å². The van der Waals surface area contributed by atoms with E-state index in [9.17, 15) is 4.79 Å². The summed E-state index contributed by atoms with van der Waals surface area (Å²) in [5, 5.41) is 0. The summed E-state index contributed by atoms with van der Waals surface area (Å²) in [7, 11) is 0. The van der Waals surface area contributed by atoms with Crippen LogP contribution in [0.25, 0.3) is 0 Å². The van der Waals surface area contributed by atoms with Gasteiger partial charge in [-0.1, -0.05) is 6.92 Å². The van der Waals surface area contributed by atoms with E-state index in [0.29, 0.717) is 13.0 Å². The van der Waals surface area contributed by atoms with Gasteiger partial charge in [-0.25, -0.2) is 0 Å². The van der Waals surface area contributed by atoms with Gasteiger partial charge in [-0.2, -0.15) is 0 Å². The fourth-order valence-corrected chi connectivity index (χ4v) is 0.263. The van der Waals surface area contributed by atoms with Crippen molar-refractivity contribution in [3.05, 3.63) is 0 Å². The van der Waals surface area contributed by atoms with Crippen LogP contribution in [-0.4, -0.2) is 12.6 Å². The average molecular weight is 125 g/mol. The van der Waals surface area contributed by atoms with Gasteiger partial charge in [0, 0.05) is 6.42 Å². The molecule has 0 saturated heterocycles. The molecule has 0 aromatic heterocycles. The van der Waals surface area contributed by atoms with Gasteiger partial charge in [0.15, 0.2) is 0 Å². The second-order valence-corrected chi connectivity index (χ2v) is 1.16. The van der Waals surface area contributed by atoms with Crippen LogP contribution in [0.3, 0.4) is 0 Å². The largest absolute Gasteiger partial charge is 1.00 e. The summed E-state index contributed by atoms with van der Waals surface area (Å²) in [6, 6.07) is 0. The maximum absolute atomic E-state index is 10.2. The van der Waals surface area contributed by atoms with E-state index in [2.05, 4.69) is 4.74 Å². The van der Waals surface area contributed by atoms with E-state index in [4.69, 9.17) is 0 Å². The van der Waals surface area contributed by atoms with E-state index in [1.54, 1.807) is 13.8 Å². The maximum Gasteiger partial charge on any atom is 1.00 e. The molecule has 0 aliphatic heterocycles. The Kier molecular flexibility index (Phi) is 10.5. The second-order valence-electron chi connectivity index (χ2n) is 1.16. The zero-order valence-corrected chi connectivity index (χ0v) is 7.73. The third-order valence-corrected chi connectivity index (χ3v) is 0.594. The van der Waals surface area contributed by atoms with Gasteiger partial charge in [0.25, 0.3) is 0 Å². The van der Waals surface area contributed by atoms with Gasteiger partial charge >= 0.3 is 35.5 Å². The SMILES string of the molecule is CCOC(=O)CC.[Na+]. The standard InChI is InChI=1S/C5H10O2.Na/c1-3-5(6)7-4-2;/h3-4H2,1-2H3;/q;+1. The third kappa shape index (κ3) is 6.47. The summed E-state index contributed by atoms with van der Waals surface area (Å²) >= 11 is 0. The summed E-state index contributed by atoms with van der Waals surface area (Å²) in [5.74, 6) is -0.123. The van der Waals surface area contributed by atoms with Crippen LogP contribution < -0.4 is 29.6 Å². The van der Waals surface area contributed by atoms with E-state index in [0.717, 1.165) is 0 Å². The summed E-state index contributed by atoms with van der Waals surface area (Å²) in [4.78, 5) is 10.2. The van der Waals surface area contributed by atoms with Crippen LogP contribution in [0.4, 0.5) is 0 Å². The van der Waals surface area contributed by atoms with Crippen molar-refractivity contribution in [2.45, 2.75) is 20.3 Å². The molecule has 3 heteroatoms. The Balaban J connectivity index is 0. The molecule has 0 aliphatic rings. The summed E-state index contributed by atoms with van der Waals surface area (Å²) in [6.45, 7) is 4.07. The van der Waals surface area contributed by atoms with E-state index in [-0.39, 0.29) is 35.5 Å². The first-order valence-corrected chi connectivity index (χ1v) is 2.46. The van der Waals surface area contributed by atoms with Crippen LogP contribution in [0.2, 0.25) is 0 Å². The first kappa shape index (κ1) is 11.3. The van der Waals surface area contributed by atoms with Crippen molar-refractivity contribution in [3.63, 3.8) is 0 Å². The quantitative estimate of drug-likeness (QED) is 0.314. The molecule has 0 unspecified atom stereocenters. The minimum atomic E-state index is -0.123. The minimum absolute atomic E-state index is 0. The van der Waals surface area contributed by atoms with Crippen LogP contribution in [0.1, 0.15) is 20.3 Å². The van der Waals surface area contributed by atoms with Crippen molar-refractivity contribution < 1.29 is 39.1 Å². The predicted octanol–water partition coefficient (Wildman–Crippen LogP) is -2.04. The molecule has 0 heterocycles. The first-order valence-electron chi connectivity index (χ1n) is 2.46. The van der Waals surface area contributed by atoms with E-state index >= 15 is 0 Å². The van der Waals surface area contributed by atoms with Crippen LogP contribution in [0.5, 0.6) is 0 Å².